The topological polar surface area (TPSA) is 50.9 Å². The van der Waals surface area contributed by atoms with Crippen molar-refractivity contribution in [2.24, 2.45) is 10.7 Å². The molecular weight excluding hydrogens is 330 g/mol. The van der Waals surface area contributed by atoms with Crippen LogP contribution in [0, 0.1) is 6.92 Å². The van der Waals surface area contributed by atoms with Crippen molar-refractivity contribution >= 4 is 21.9 Å². The molecule has 1 heterocycles. The summed E-state index contributed by atoms with van der Waals surface area (Å²) in [6, 6.07) is 6.74. The zero-order chi connectivity index (χ0) is 15.4. The second kappa shape index (κ2) is 7.27. The van der Waals surface area contributed by atoms with Crippen LogP contribution >= 0.6 is 15.9 Å². The summed E-state index contributed by atoms with van der Waals surface area (Å²) in [6.07, 6.45) is 3.09. The summed E-state index contributed by atoms with van der Waals surface area (Å²) >= 11 is 3.52. The number of likely N-dealkylation sites (N-methyl/N-ethyl adjacent to an activating group) is 1. The minimum absolute atomic E-state index is 0.241. The first-order valence-corrected chi connectivity index (χ1v) is 8.11. The second-order valence-electron chi connectivity index (χ2n) is 5.66. The van der Waals surface area contributed by atoms with E-state index in [-0.39, 0.29) is 6.10 Å². The molecule has 0 amide bonds. The molecule has 1 aromatic rings. The first-order valence-electron chi connectivity index (χ1n) is 7.32. The summed E-state index contributed by atoms with van der Waals surface area (Å²) in [7, 11) is 3.80. The van der Waals surface area contributed by atoms with E-state index in [0.717, 1.165) is 30.3 Å². The lowest BCUT2D eigenvalue weighted by Crippen LogP contribution is -2.46. The van der Waals surface area contributed by atoms with Crippen molar-refractivity contribution in [3.8, 4) is 0 Å². The zero-order valence-corrected chi connectivity index (χ0v) is 14.6. The SMILES string of the molecule is COC1CCN=C(N)N(C)C(Cc2ccc(Br)cc2C)C1. The fourth-order valence-electron chi connectivity index (χ4n) is 2.78. The van der Waals surface area contributed by atoms with E-state index in [1.54, 1.807) is 7.11 Å². The third-order valence-electron chi connectivity index (χ3n) is 4.26. The molecule has 0 bridgehead atoms. The molecule has 2 atom stereocenters. The normalized spacial score (nSPS) is 23.4. The predicted octanol–water partition coefficient (Wildman–Crippen LogP) is 2.72. The van der Waals surface area contributed by atoms with Crippen molar-refractivity contribution in [1.29, 1.82) is 0 Å². The number of halogens is 1. The first kappa shape index (κ1) is 16.3. The van der Waals surface area contributed by atoms with Gasteiger partial charge in [-0.3, -0.25) is 4.99 Å². The third-order valence-corrected chi connectivity index (χ3v) is 4.76. The Bertz CT molecular complexity index is 518. The highest BCUT2D eigenvalue weighted by Gasteiger charge is 2.24. The first-order chi connectivity index (χ1) is 10.0. The molecule has 116 valence electrons. The number of guanidine groups is 1. The van der Waals surface area contributed by atoms with Gasteiger partial charge in [-0.15, -0.1) is 0 Å². The number of methoxy groups -OCH3 is 1. The molecule has 0 saturated carbocycles. The van der Waals surface area contributed by atoms with Gasteiger partial charge in [0.1, 0.15) is 0 Å². The predicted molar refractivity (Wildman–Crippen MR) is 90.7 cm³/mol. The fraction of sp³-hybridized carbons (Fsp3) is 0.562. The second-order valence-corrected chi connectivity index (χ2v) is 6.58. The number of nitrogens with two attached hydrogens (primary N) is 1. The molecule has 1 aliphatic rings. The van der Waals surface area contributed by atoms with Crippen LogP contribution in [0.25, 0.3) is 0 Å². The van der Waals surface area contributed by atoms with Crippen molar-refractivity contribution in [2.45, 2.75) is 38.3 Å². The highest BCUT2D eigenvalue weighted by molar-refractivity contribution is 9.10. The molecule has 0 spiro atoms. The molecule has 0 radical (unpaired) electrons. The maximum atomic E-state index is 6.07. The molecule has 0 fully saturated rings. The Morgan fingerprint density at radius 2 is 2.24 bits per heavy atom. The van der Waals surface area contributed by atoms with Crippen LogP contribution < -0.4 is 5.73 Å². The van der Waals surface area contributed by atoms with E-state index in [4.69, 9.17) is 10.5 Å². The summed E-state index contributed by atoms with van der Waals surface area (Å²) in [5.41, 5.74) is 8.71. The molecule has 1 aromatic carbocycles. The van der Waals surface area contributed by atoms with E-state index in [9.17, 15) is 0 Å². The maximum absolute atomic E-state index is 6.07. The maximum Gasteiger partial charge on any atom is 0.191 e. The average Bonchev–Trinajstić information content (AvgIpc) is 2.45. The van der Waals surface area contributed by atoms with Crippen LogP contribution in [-0.2, 0) is 11.2 Å². The van der Waals surface area contributed by atoms with E-state index in [0.29, 0.717) is 12.0 Å². The summed E-state index contributed by atoms with van der Waals surface area (Å²) in [5, 5.41) is 0. The number of rotatable bonds is 3. The summed E-state index contributed by atoms with van der Waals surface area (Å²) in [5.74, 6) is 0.629. The highest BCUT2D eigenvalue weighted by Crippen LogP contribution is 2.22. The molecule has 21 heavy (non-hydrogen) atoms. The molecule has 0 saturated heterocycles. The Morgan fingerprint density at radius 3 is 2.90 bits per heavy atom. The van der Waals surface area contributed by atoms with E-state index < -0.39 is 0 Å². The number of hydrogen-bond acceptors (Lipinski definition) is 4. The fourth-order valence-corrected chi connectivity index (χ4v) is 3.25. The molecule has 2 unspecified atom stereocenters. The Morgan fingerprint density at radius 1 is 1.48 bits per heavy atom. The van der Waals surface area contributed by atoms with Gasteiger partial charge < -0.3 is 15.4 Å². The minimum Gasteiger partial charge on any atom is -0.381 e. The van der Waals surface area contributed by atoms with Crippen molar-refractivity contribution in [1.82, 2.24) is 4.90 Å². The van der Waals surface area contributed by atoms with Gasteiger partial charge in [-0.05, 0) is 49.4 Å². The van der Waals surface area contributed by atoms with Gasteiger partial charge in [0.2, 0.25) is 0 Å². The Kier molecular flexibility index (Phi) is 5.65. The molecule has 0 aromatic heterocycles. The average molecular weight is 354 g/mol. The van der Waals surface area contributed by atoms with Gasteiger partial charge in [0, 0.05) is 31.2 Å². The molecule has 2 N–H and O–H groups in total. The van der Waals surface area contributed by atoms with Gasteiger partial charge in [-0.2, -0.15) is 0 Å². The lowest BCUT2D eigenvalue weighted by atomic mass is 9.95. The summed E-state index contributed by atoms with van der Waals surface area (Å²) in [4.78, 5) is 6.51. The Hall–Kier alpha value is -1.07. The van der Waals surface area contributed by atoms with Crippen LogP contribution in [0.15, 0.2) is 27.7 Å². The van der Waals surface area contributed by atoms with E-state index in [2.05, 4.69) is 50.9 Å². The van der Waals surface area contributed by atoms with E-state index in [1.165, 1.54) is 11.1 Å². The van der Waals surface area contributed by atoms with Gasteiger partial charge >= 0.3 is 0 Å². The highest BCUT2D eigenvalue weighted by atomic mass is 79.9. The zero-order valence-electron chi connectivity index (χ0n) is 13.0. The molecule has 5 heteroatoms. The standard InChI is InChI=1S/C16H24BrN3O/c1-11-8-13(17)5-4-12(11)9-14-10-15(21-3)6-7-19-16(18)20(14)2/h4-5,8,14-15H,6-7,9-10H2,1-3H3,(H2,18,19). The lowest BCUT2D eigenvalue weighted by molar-refractivity contribution is 0.0691. The number of benzene rings is 1. The third kappa shape index (κ3) is 4.20. The lowest BCUT2D eigenvalue weighted by Gasteiger charge is -2.33. The van der Waals surface area contributed by atoms with Gasteiger partial charge in [-0.25, -0.2) is 0 Å². The largest absolute Gasteiger partial charge is 0.381 e. The van der Waals surface area contributed by atoms with Gasteiger partial charge in [0.25, 0.3) is 0 Å². The quantitative estimate of drug-likeness (QED) is 0.908. The number of aryl methyl sites for hydroxylation is 1. The van der Waals surface area contributed by atoms with E-state index >= 15 is 0 Å². The van der Waals surface area contributed by atoms with Crippen LogP contribution in [0.5, 0.6) is 0 Å². The Balaban J connectivity index is 2.20. The number of nitrogens with zero attached hydrogens (tertiary/aromatic N) is 2. The molecule has 2 rings (SSSR count). The van der Waals surface area contributed by atoms with Crippen molar-refractivity contribution in [3.63, 3.8) is 0 Å². The molecule has 1 aliphatic heterocycles. The van der Waals surface area contributed by atoms with Crippen LogP contribution in [-0.4, -0.2) is 43.7 Å². The minimum atomic E-state index is 0.241. The Labute approximate surface area is 135 Å². The van der Waals surface area contributed by atoms with Gasteiger partial charge in [0.15, 0.2) is 5.96 Å². The molecular formula is C16H24BrN3O. The molecule has 0 aliphatic carbocycles. The molecule has 4 nitrogen and oxygen atoms in total. The van der Waals surface area contributed by atoms with Gasteiger partial charge in [-0.1, -0.05) is 22.0 Å². The van der Waals surface area contributed by atoms with Crippen molar-refractivity contribution in [3.05, 3.63) is 33.8 Å². The van der Waals surface area contributed by atoms with Crippen LogP contribution in [0.1, 0.15) is 24.0 Å². The van der Waals surface area contributed by atoms with Crippen molar-refractivity contribution in [2.75, 3.05) is 20.7 Å². The monoisotopic (exact) mass is 353 g/mol. The van der Waals surface area contributed by atoms with Crippen LogP contribution in [0.4, 0.5) is 0 Å². The van der Waals surface area contributed by atoms with Gasteiger partial charge in [0.05, 0.1) is 6.10 Å². The van der Waals surface area contributed by atoms with E-state index in [1.807, 2.05) is 7.05 Å². The smallest absolute Gasteiger partial charge is 0.191 e. The summed E-state index contributed by atoms with van der Waals surface area (Å²) < 4.78 is 6.70. The number of ether oxygens (including phenoxy) is 1. The van der Waals surface area contributed by atoms with Crippen LogP contribution in [0.2, 0.25) is 0 Å². The summed E-state index contributed by atoms with van der Waals surface area (Å²) in [6.45, 7) is 2.88. The van der Waals surface area contributed by atoms with Crippen LogP contribution in [0.3, 0.4) is 0 Å². The number of hydrogen-bond donors (Lipinski definition) is 1. The number of aliphatic imine (C=N–C) groups is 1. The van der Waals surface area contributed by atoms with Crippen molar-refractivity contribution < 1.29 is 4.74 Å².